The first-order valence-electron chi connectivity index (χ1n) is 5.28. The number of hydrogen-bond donors (Lipinski definition) is 1. The van der Waals surface area contributed by atoms with E-state index in [0.717, 1.165) is 21.1 Å². The van der Waals surface area contributed by atoms with Crippen LogP contribution in [0.15, 0.2) is 51.5 Å². The summed E-state index contributed by atoms with van der Waals surface area (Å²) in [4.78, 5) is 4.32. The fourth-order valence-corrected chi connectivity index (χ4v) is 2.66. The standard InChI is InChI=1S/C13H12Br2N2/c14-10-5-2-1-4-9(10)8-12(16)13-11(15)6-3-7-17-13/h1-7,12H,8,16H2. The lowest BCUT2D eigenvalue weighted by Crippen LogP contribution is -2.15. The Balaban J connectivity index is 2.20. The summed E-state index contributed by atoms with van der Waals surface area (Å²) in [7, 11) is 0. The second-order valence-electron chi connectivity index (χ2n) is 3.77. The first-order valence-corrected chi connectivity index (χ1v) is 6.86. The topological polar surface area (TPSA) is 38.9 Å². The zero-order chi connectivity index (χ0) is 12.3. The van der Waals surface area contributed by atoms with Gasteiger partial charge in [0.2, 0.25) is 0 Å². The maximum Gasteiger partial charge on any atom is 0.0716 e. The predicted octanol–water partition coefficient (Wildman–Crippen LogP) is 3.85. The minimum Gasteiger partial charge on any atom is -0.322 e. The Morgan fingerprint density at radius 1 is 1.06 bits per heavy atom. The Morgan fingerprint density at radius 2 is 1.76 bits per heavy atom. The lowest BCUT2D eigenvalue weighted by Gasteiger charge is -2.13. The second kappa shape index (κ2) is 5.76. The molecular weight excluding hydrogens is 344 g/mol. The molecule has 0 aliphatic carbocycles. The molecule has 0 saturated carbocycles. The fraction of sp³-hybridized carbons (Fsp3) is 0.154. The normalized spacial score (nSPS) is 12.4. The summed E-state index contributed by atoms with van der Waals surface area (Å²) >= 11 is 7.00. The summed E-state index contributed by atoms with van der Waals surface area (Å²) in [6, 6.07) is 11.8. The van der Waals surface area contributed by atoms with Gasteiger partial charge in [0, 0.05) is 15.1 Å². The Morgan fingerprint density at radius 3 is 2.47 bits per heavy atom. The van der Waals surface area contributed by atoms with Gasteiger partial charge in [0.05, 0.1) is 11.7 Å². The van der Waals surface area contributed by atoms with Crippen LogP contribution in [-0.2, 0) is 6.42 Å². The van der Waals surface area contributed by atoms with E-state index in [1.165, 1.54) is 5.56 Å². The van der Waals surface area contributed by atoms with Crippen molar-refractivity contribution in [1.29, 1.82) is 0 Å². The number of aromatic nitrogens is 1. The van der Waals surface area contributed by atoms with Crippen molar-refractivity contribution in [2.45, 2.75) is 12.5 Å². The van der Waals surface area contributed by atoms with Crippen molar-refractivity contribution in [3.8, 4) is 0 Å². The number of pyridine rings is 1. The molecule has 0 bridgehead atoms. The highest BCUT2D eigenvalue weighted by molar-refractivity contribution is 9.10. The van der Waals surface area contributed by atoms with Gasteiger partial charge in [-0.15, -0.1) is 0 Å². The molecule has 17 heavy (non-hydrogen) atoms. The summed E-state index contributed by atoms with van der Waals surface area (Å²) < 4.78 is 2.04. The van der Waals surface area contributed by atoms with Crippen LogP contribution in [0.1, 0.15) is 17.3 Å². The molecule has 0 aliphatic heterocycles. The van der Waals surface area contributed by atoms with Crippen LogP contribution in [0.3, 0.4) is 0 Å². The highest BCUT2D eigenvalue weighted by Crippen LogP contribution is 2.25. The Labute approximate surface area is 118 Å². The van der Waals surface area contributed by atoms with E-state index in [1.807, 2.05) is 30.3 Å². The Kier molecular flexibility index (Phi) is 4.31. The van der Waals surface area contributed by atoms with Crippen LogP contribution in [-0.4, -0.2) is 4.98 Å². The van der Waals surface area contributed by atoms with Crippen LogP contribution in [0.2, 0.25) is 0 Å². The summed E-state index contributed by atoms with van der Waals surface area (Å²) in [5, 5.41) is 0. The predicted molar refractivity (Wildman–Crippen MR) is 76.7 cm³/mol. The first kappa shape index (κ1) is 12.7. The van der Waals surface area contributed by atoms with Gasteiger partial charge < -0.3 is 5.73 Å². The zero-order valence-electron chi connectivity index (χ0n) is 9.11. The molecule has 1 unspecified atom stereocenters. The molecule has 2 nitrogen and oxygen atoms in total. The molecule has 0 radical (unpaired) electrons. The zero-order valence-corrected chi connectivity index (χ0v) is 12.3. The average molecular weight is 356 g/mol. The van der Waals surface area contributed by atoms with Gasteiger partial charge in [0.25, 0.3) is 0 Å². The Bertz CT molecular complexity index is 514. The SMILES string of the molecule is NC(Cc1ccccc1Br)c1ncccc1Br. The molecule has 0 amide bonds. The minimum absolute atomic E-state index is 0.107. The van der Waals surface area contributed by atoms with E-state index in [9.17, 15) is 0 Å². The van der Waals surface area contributed by atoms with E-state index in [0.29, 0.717) is 0 Å². The number of nitrogens with two attached hydrogens (primary N) is 1. The van der Waals surface area contributed by atoms with Gasteiger partial charge >= 0.3 is 0 Å². The molecule has 2 rings (SSSR count). The van der Waals surface area contributed by atoms with Gasteiger partial charge in [0.1, 0.15) is 0 Å². The van der Waals surface area contributed by atoms with Gasteiger partial charge in [-0.3, -0.25) is 4.98 Å². The van der Waals surface area contributed by atoms with Crippen molar-refractivity contribution < 1.29 is 0 Å². The van der Waals surface area contributed by atoms with Crippen LogP contribution in [0.4, 0.5) is 0 Å². The number of hydrogen-bond acceptors (Lipinski definition) is 2. The quantitative estimate of drug-likeness (QED) is 0.908. The number of benzene rings is 1. The molecule has 0 saturated heterocycles. The van der Waals surface area contributed by atoms with E-state index in [4.69, 9.17) is 5.73 Å². The maximum absolute atomic E-state index is 6.18. The van der Waals surface area contributed by atoms with E-state index < -0.39 is 0 Å². The van der Waals surface area contributed by atoms with E-state index in [2.05, 4.69) is 42.9 Å². The van der Waals surface area contributed by atoms with E-state index in [-0.39, 0.29) is 6.04 Å². The number of nitrogens with zero attached hydrogens (tertiary/aromatic N) is 1. The van der Waals surface area contributed by atoms with Crippen LogP contribution in [0, 0.1) is 0 Å². The summed E-state index contributed by atoms with van der Waals surface area (Å²) in [5.41, 5.74) is 8.27. The minimum atomic E-state index is -0.107. The van der Waals surface area contributed by atoms with E-state index in [1.54, 1.807) is 6.20 Å². The smallest absolute Gasteiger partial charge is 0.0716 e. The third kappa shape index (κ3) is 3.15. The fourth-order valence-electron chi connectivity index (χ4n) is 1.67. The molecular formula is C13H12Br2N2. The third-order valence-corrected chi connectivity index (χ3v) is 3.98. The van der Waals surface area contributed by atoms with Crippen molar-refractivity contribution in [3.05, 3.63) is 62.8 Å². The van der Waals surface area contributed by atoms with Crippen molar-refractivity contribution in [3.63, 3.8) is 0 Å². The third-order valence-electron chi connectivity index (χ3n) is 2.54. The van der Waals surface area contributed by atoms with Crippen molar-refractivity contribution >= 4 is 31.9 Å². The molecule has 2 N–H and O–H groups in total. The van der Waals surface area contributed by atoms with Gasteiger partial charge in [0.15, 0.2) is 0 Å². The van der Waals surface area contributed by atoms with E-state index >= 15 is 0 Å². The maximum atomic E-state index is 6.18. The molecule has 1 aromatic heterocycles. The largest absolute Gasteiger partial charge is 0.322 e. The molecule has 1 heterocycles. The van der Waals surface area contributed by atoms with Crippen LogP contribution in [0.25, 0.3) is 0 Å². The molecule has 88 valence electrons. The highest BCUT2D eigenvalue weighted by Gasteiger charge is 2.12. The number of halogens is 2. The van der Waals surface area contributed by atoms with Crippen LogP contribution in [0.5, 0.6) is 0 Å². The van der Waals surface area contributed by atoms with Crippen molar-refractivity contribution in [2.24, 2.45) is 5.73 Å². The molecule has 0 fully saturated rings. The Hall–Kier alpha value is -0.710. The van der Waals surface area contributed by atoms with Gasteiger partial charge in [-0.05, 0) is 46.1 Å². The van der Waals surface area contributed by atoms with Crippen molar-refractivity contribution in [2.75, 3.05) is 0 Å². The van der Waals surface area contributed by atoms with Crippen LogP contribution < -0.4 is 5.73 Å². The molecule has 0 spiro atoms. The van der Waals surface area contributed by atoms with Gasteiger partial charge in [-0.25, -0.2) is 0 Å². The van der Waals surface area contributed by atoms with Gasteiger partial charge in [-0.1, -0.05) is 34.1 Å². The molecule has 2 aromatic rings. The molecule has 4 heteroatoms. The molecule has 1 atom stereocenters. The van der Waals surface area contributed by atoms with Crippen molar-refractivity contribution in [1.82, 2.24) is 4.98 Å². The summed E-state index contributed by atoms with van der Waals surface area (Å²) in [6.45, 7) is 0. The first-order chi connectivity index (χ1) is 8.18. The number of rotatable bonds is 3. The second-order valence-corrected chi connectivity index (χ2v) is 5.48. The monoisotopic (exact) mass is 354 g/mol. The van der Waals surface area contributed by atoms with Gasteiger partial charge in [-0.2, -0.15) is 0 Å². The summed E-state index contributed by atoms with van der Waals surface area (Å²) in [5.74, 6) is 0. The lowest BCUT2D eigenvalue weighted by molar-refractivity contribution is 0.690. The average Bonchev–Trinajstić information content (AvgIpc) is 2.32. The van der Waals surface area contributed by atoms with Crippen LogP contribution >= 0.6 is 31.9 Å². The molecule has 0 aliphatic rings. The molecule has 1 aromatic carbocycles. The summed E-state index contributed by atoms with van der Waals surface area (Å²) in [6.07, 6.45) is 2.52. The lowest BCUT2D eigenvalue weighted by atomic mass is 10.0. The highest BCUT2D eigenvalue weighted by atomic mass is 79.9.